The van der Waals surface area contributed by atoms with Crippen LogP contribution in [-0.4, -0.2) is 21.0 Å². The summed E-state index contributed by atoms with van der Waals surface area (Å²) in [6.07, 6.45) is 1.77. The van der Waals surface area contributed by atoms with Gasteiger partial charge in [-0.2, -0.15) is 4.98 Å². The molecule has 0 fully saturated rings. The molecule has 0 aliphatic heterocycles. The third-order valence-corrected chi connectivity index (χ3v) is 3.97. The highest BCUT2D eigenvalue weighted by atomic mass is 32.1. The van der Waals surface area contributed by atoms with Crippen LogP contribution in [0.1, 0.15) is 18.7 Å². The number of nitrogens with zero attached hydrogens (tertiary/aromatic N) is 3. The quantitative estimate of drug-likeness (QED) is 0.716. The molecule has 5 nitrogen and oxygen atoms in total. The van der Waals surface area contributed by atoms with Crippen LogP contribution in [0.15, 0.2) is 48.0 Å². The van der Waals surface area contributed by atoms with Crippen molar-refractivity contribution in [3.8, 4) is 11.4 Å². The van der Waals surface area contributed by atoms with Crippen molar-refractivity contribution in [3.05, 3.63) is 52.9 Å². The fraction of sp³-hybridized carbons (Fsp3) is 0.235. The van der Waals surface area contributed by atoms with Crippen molar-refractivity contribution in [2.45, 2.75) is 26.4 Å². The van der Waals surface area contributed by atoms with E-state index < -0.39 is 0 Å². The molecule has 0 radical (unpaired) electrons. The summed E-state index contributed by atoms with van der Waals surface area (Å²) in [6, 6.07) is 12.1. The normalized spacial score (nSPS) is 10.7. The molecule has 118 valence electrons. The zero-order valence-electron chi connectivity index (χ0n) is 13.2. The number of pyridine rings is 1. The average Bonchev–Trinajstić information content (AvgIpc) is 3.06. The number of anilines is 2. The number of hydrogen-bond acceptors (Lipinski definition) is 6. The SMILES string of the molecule is CC(C)Nc1nc(NCc2cccs2)cc(-c2ccccn2)n1. The predicted molar refractivity (Wildman–Crippen MR) is 95.7 cm³/mol. The topological polar surface area (TPSA) is 62.7 Å². The summed E-state index contributed by atoms with van der Waals surface area (Å²) < 4.78 is 0. The Kier molecular flexibility index (Phi) is 4.83. The van der Waals surface area contributed by atoms with Crippen LogP contribution >= 0.6 is 11.3 Å². The molecule has 3 heterocycles. The van der Waals surface area contributed by atoms with Crippen molar-refractivity contribution in [2.24, 2.45) is 0 Å². The van der Waals surface area contributed by atoms with E-state index in [2.05, 4.69) is 50.9 Å². The van der Waals surface area contributed by atoms with Gasteiger partial charge in [-0.05, 0) is 37.4 Å². The molecule has 0 aromatic carbocycles. The van der Waals surface area contributed by atoms with E-state index in [4.69, 9.17) is 0 Å². The van der Waals surface area contributed by atoms with Gasteiger partial charge in [0.25, 0.3) is 0 Å². The second kappa shape index (κ2) is 7.19. The summed E-state index contributed by atoms with van der Waals surface area (Å²) in [4.78, 5) is 14.8. The summed E-state index contributed by atoms with van der Waals surface area (Å²) in [5.74, 6) is 1.40. The van der Waals surface area contributed by atoms with Crippen LogP contribution in [0.3, 0.4) is 0 Å². The van der Waals surface area contributed by atoms with E-state index in [1.54, 1.807) is 17.5 Å². The van der Waals surface area contributed by atoms with Gasteiger partial charge in [0.1, 0.15) is 5.82 Å². The van der Waals surface area contributed by atoms with Crippen LogP contribution < -0.4 is 10.6 Å². The van der Waals surface area contributed by atoms with E-state index in [-0.39, 0.29) is 6.04 Å². The van der Waals surface area contributed by atoms with Gasteiger partial charge < -0.3 is 10.6 Å². The maximum atomic E-state index is 4.57. The lowest BCUT2D eigenvalue weighted by Crippen LogP contribution is -2.14. The molecule has 0 aliphatic carbocycles. The molecule has 3 aromatic heterocycles. The Balaban J connectivity index is 1.88. The first kappa shape index (κ1) is 15.4. The third kappa shape index (κ3) is 4.26. The number of hydrogen-bond donors (Lipinski definition) is 2. The van der Waals surface area contributed by atoms with E-state index in [9.17, 15) is 0 Å². The summed E-state index contributed by atoms with van der Waals surface area (Å²) in [7, 11) is 0. The van der Waals surface area contributed by atoms with Gasteiger partial charge in [-0.3, -0.25) is 4.98 Å². The molecule has 3 rings (SSSR count). The van der Waals surface area contributed by atoms with E-state index in [1.807, 2.05) is 30.3 Å². The van der Waals surface area contributed by atoms with Crippen LogP contribution in [0.25, 0.3) is 11.4 Å². The summed E-state index contributed by atoms with van der Waals surface area (Å²) in [5.41, 5.74) is 1.64. The highest BCUT2D eigenvalue weighted by Crippen LogP contribution is 2.20. The van der Waals surface area contributed by atoms with Crippen LogP contribution in [0.4, 0.5) is 11.8 Å². The maximum absolute atomic E-state index is 4.57. The minimum absolute atomic E-state index is 0.263. The van der Waals surface area contributed by atoms with E-state index >= 15 is 0 Å². The van der Waals surface area contributed by atoms with Crippen molar-refractivity contribution in [2.75, 3.05) is 10.6 Å². The van der Waals surface area contributed by atoms with Gasteiger partial charge in [-0.1, -0.05) is 12.1 Å². The lowest BCUT2D eigenvalue weighted by molar-refractivity contribution is 0.874. The third-order valence-electron chi connectivity index (χ3n) is 3.10. The van der Waals surface area contributed by atoms with Crippen LogP contribution in [-0.2, 0) is 6.54 Å². The number of aromatic nitrogens is 3. The molecule has 0 amide bonds. The summed E-state index contributed by atoms with van der Waals surface area (Å²) in [5, 5.41) is 8.69. The molecule has 0 unspecified atom stereocenters. The standard InChI is InChI=1S/C17H19N5S/c1-12(2)20-17-21-15(14-7-3-4-8-18-14)10-16(22-17)19-11-13-6-5-9-23-13/h3-10,12H,11H2,1-2H3,(H2,19,20,21,22). The molecule has 3 aromatic rings. The smallest absolute Gasteiger partial charge is 0.225 e. The van der Waals surface area contributed by atoms with E-state index in [0.717, 1.165) is 23.8 Å². The van der Waals surface area contributed by atoms with Crippen LogP contribution in [0.2, 0.25) is 0 Å². The van der Waals surface area contributed by atoms with Gasteiger partial charge in [0.15, 0.2) is 0 Å². The molecule has 0 saturated heterocycles. The van der Waals surface area contributed by atoms with Gasteiger partial charge in [-0.15, -0.1) is 11.3 Å². The molecule has 0 aliphatic rings. The largest absolute Gasteiger partial charge is 0.365 e. The molecular formula is C17H19N5S. The second-order valence-electron chi connectivity index (χ2n) is 5.41. The second-order valence-corrected chi connectivity index (χ2v) is 6.44. The predicted octanol–water partition coefficient (Wildman–Crippen LogP) is 4.03. The van der Waals surface area contributed by atoms with Crippen LogP contribution in [0.5, 0.6) is 0 Å². The Hall–Kier alpha value is -2.47. The maximum Gasteiger partial charge on any atom is 0.225 e. The first-order chi connectivity index (χ1) is 11.2. The van der Waals surface area contributed by atoms with E-state index in [0.29, 0.717) is 5.95 Å². The minimum atomic E-state index is 0.263. The van der Waals surface area contributed by atoms with Gasteiger partial charge in [0.05, 0.1) is 17.9 Å². The highest BCUT2D eigenvalue weighted by Gasteiger charge is 2.08. The number of nitrogens with one attached hydrogen (secondary N) is 2. The fourth-order valence-corrected chi connectivity index (χ4v) is 2.74. The molecule has 2 N–H and O–H groups in total. The van der Waals surface area contributed by atoms with Crippen molar-refractivity contribution in [1.29, 1.82) is 0 Å². The Morgan fingerprint density at radius 1 is 1.09 bits per heavy atom. The monoisotopic (exact) mass is 325 g/mol. The van der Waals surface area contributed by atoms with Crippen molar-refractivity contribution in [1.82, 2.24) is 15.0 Å². The Morgan fingerprint density at radius 2 is 2.00 bits per heavy atom. The summed E-state index contributed by atoms with van der Waals surface area (Å²) >= 11 is 1.72. The molecule has 23 heavy (non-hydrogen) atoms. The average molecular weight is 325 g/mol. The Labute approximate surface area is 139 Å². The zero-order valence-corrected chi connectivity index (χ0v) is 14.0. The lowest BCUT2D eigenvalue weighted by atomic mass is 10.2. The zero-order chi connectivity index (χ0) is 16.1. The molecule has 0 saturated carbocycles. The van der Waals surface area contributed by atoms with Gasteiger partial charge >= 0.3 is 0 Å². The molecule has 6 heteroatoms. The number of rotatable bonds is 6. The van der Waals surface area contributed by atoms with Gasteiger partial charge in [0, 0.05) is 23.2 Å². The highest BCUT2D eigenvalue weighted by molar-refractivity contribution is 7.09. The molecule has 0 atom stereocenters. The molecular weight excluding hydrogens is 306 g/mol. The fourth-order valence-electron chi connectivity index (χ4n) is 2.10. The Morgan fingerprint density at radius 3 is 2.70 bits per heavy atom. The van der Waals surface area contributed by atoms with Gasteiger partial charge in [0.2, 0.25) is 5.95 Å². The van der Waals surface area contributed by atoms with E-state index in [1.165, 1.54) is 4.88 Å². The molecule has 0 bridgehead atoms. The van der Waals surface area contributed by atoms with Gasteiger partial charge in [-0.25, -0.2) is 4.98 Å². The Bertz CT molecular complexity index is 741. The van der Waals surface area contributed by atoms with Crippen molar-refractivity contribution < 1.29 is 0 Å². The minimum Gasteiger partial charge on any atom is -0.365 e. The first-order valence-corrected chi connectivity index (χ1v) is 8.42. The first-order valence-electron chi connectivity index (χ1n) is 7.54. The number of thiophene rings is 1. The summed E-state index contributed by atoms with van der Waals surface area (Å²) in [6.45, 7) is 4.88. The van der Waals surface area contributed by atoms with Crippen molar-refractivity contribution >= 4 is 23.1 Å². The molecule has 0 spiro atoms. The van der Waals surface area contributed by atoms with Crippen LogP contribution in [0, 0.1) is 0 Å². The lowest BCUT2D eigenvalue weighted by Gasteiger charge is -2.12. The van der Waals surface area contributed by atoms with Crippen molar-refractivity contribution in [3.63, 3.8) is 0 Å².